The highest BCUT2D eigenvalue weighted by Gasteiger charge is 2.45. The number of carbonyl (C=O) groups is 10. The molecule has 0 unspecified atom stereocenters. The molecule has 0 spiro atoms. The molecule has 3 aliphatic heterocycles. The molecule has 0 fully saturated rings. The van der Waals surface area contributed by atoms with Gasteiger partial charge in [-0.25, -0.2) is 14.6 Å². The fourth-order valence-corrected chi connectivity index (χ4v) is 10.1. The van der Waals surface area contributed by atoms with Crippen LogP contribution in [0, 0.1) is 0 Å². The van der Waals surface area contributed by atoms with Crippen molar-refractivity contribution < 1.29 is 86.2 Å². The Hall–Kier alpha value is -8.26. The van der Waals surface area contributed by atoms with Gasteiger partial charge in [-0.1, -0.05) is 25.1 Å². The lowest BCUT2D eigenvalue weighted by Crippen LogP contribution is -2.55. The summed E-state index contributed by atoms with van der Waals surface area (Å²) in [5.41, 5.74) is 6.40. The normalized spacial score (nSPS) is 15.7. The van der Waals surface area contributed by atoms with Crippen molar-refractivity contribution in [1.29, 1.82) is 0 Å². The predicted octanol–water partition coefficient (Wildman–Crippen LogP) is -1.16. The van der Waals surface area contributed by atoms with Gasteiger partial charge < -0.3 is 85.4 Å². The minimum atomic E-state index is -2.00. The zero-order valence-electron chi connectivity index (χ0n) is 52.0. The van der Waals surface area contributed by atoms with Crippen molar-refractivity contribution in [3.63, 3.8) is 0 Å². The number of hydrogen-bond donors (Lipinski definition) is 8. The maximum atomic E-state index is 14.0. The first-order valence-corrected chi connectivity index (χ1v) is 30.6. The van der Waals surface area contributed by atoms with Crippen LogP contribution in [-0.2, 0) is 101 Å². The molecule has 498 valence electrons. The van der Waals surface area contributed by atoms with Crippen LogP contribution < -0.4 is 43.2 Å². The Morgan fingerprint density at radius 1 is 0.714 bits per heavy atom. The van der Waals surface area contributed by atoms with Crippen molar-refractivity contribution in [2.24, 2.45) is 5.73 Å². The summed E-state index contributed by atoms with van der Waals surface area (Å²) in [6.07, 6.45) is 3.47. The number of benzene rings is 1. The van der Waals surface area contributed by atoms with Crippen LogP contribution in [-0.4, -0.2) is 220 Å². The molecule has 5 heterocycles. The summed E-state index contributed by atoms with van der Waals surface area (Å²) in [5, 5.41) is 27.8. The van der Waals surface area contributed by atoms with Gasteiger partial charge in [-0.3, -0.25) is 48.1 Å². The molecule has 3 aliphatic rings. The second-order valence-corrected chi connectivity index (χ2v) is 21.5. The van der Waals surface area contributed by atoms with Crippen molar-refractivity contribution >= 4 is 70.2 Å². The van der Waals surface area contributed by atoms with E-state index in [4.69, 9.17) is 43.9 Å². The topological polar surface area (TPSA) is 395 Å². The van der Waals surface area contributed by atoms with E-state index in [1.807, 2.05) is 24.3 Å². The third-order valence-corrected chi connectivity index (χ3v) is 15.2. The van der Waals surface area contributed by atoms with Crippen molar-refractivity contribution in [3.05, 3.63) is 75.1 Å². The van der Waals surface area contributed by atoms with Gasteiger partial charge in [0.1, 0.15) is 24.7 Å². The number of nitrogens with two attached hydrogens (primary N) is 1. The summed E-state index contributed by atoms with van der Waals surface area (Å²) in [5.74, 6) is -4.92. The first-order chi connectivity index (χ1) is 43.8. The van der Waals surface area contributed by atoms with Crippen molar-refractivity contribution in [2.45, 2.75) is 110 Å². The number of pyridine rings is 2. The highest BCUT2D eigenvalue weighted by Crippen LogP contribution is 2.40. The van der Waals surface area contributed by atoms with E-state index in [-0.39, 0.29) is 115 Å². The van der Waals surface area contributed by atoms with E-state index < -0.39 is 89.2 Å². The average molecular weight is 1280 g/mol. The summed E-state index contributed by atoms with van der Waals surface area (Å²) in [6.45, 7) is 10.2. The van der Waals surface area contributed by atoms with Gasteiger partial charge in [-0.2, -0.15) is 0 Å². The van der Waals surface area contributed by atoms with E-state index in [0.717, 1.165) is 21.4 Å². The summed E-state index contributed by atoms with van der Waals surface area (Å²) >= 11 is 0. The molecule has 10 amide bonds. The zero-order valence-corrected chi connectivity index (χ0v) is 52.0. The third kappa shape index (κ3) is 21.2. The van der Waals surface area contributed by atoms with Gasteiger partial charge in [0.2, 0.25) is 35.4 Å². The van der Waals surface area contributed by atoms with Crippen LogP contribution in [0.15, 0.2) is 47.3 Å². The monoisotopic (exact) mass is 1280 g/mol. The summed E-state index contributed by atoms with van der Waals surface area (Å²) < 4.78 is 39.6. The molecular weight excluding hydrogens is 1190 g/mol. The second-order valence-electron chi connectivity index (χ2n) is 21.5. The number of cyclic esters (lactones) is 1. The molecule has 9 N–H and O–H groups in total. The van der Waals surface area contributed by atoms with Gasteiger partial charge >= 0.3 is 12.0 Å². The fourth-order valence-electron chi connectivity index (χ4n) is 10.1. The molecular formula is C61H85N11O19. The molecule has 0 radical (unpaired) electrons. The van der Waals surface area contributed by atoms with E-state index in [1.165, 1.54) is 26.0 Å². The number of aliphatic hydroxyl groups is 1. The molecule has 0 bridgehead atoms. The van der Waals surface area contributed by atoms with Crippen LogP contribution in [0.25, 0.3) is 22.3 Å². The van der Waals surface area contributed by atoms with Crippen LogP contribution in [0.1, 0.15) is 88.5 Å². The smallest absolute Gasteiger partial charge is 0.343 e. The molecule has 30 nitrogen and oxygen atoms in total. The number of nitrogens with zero attached hydrogens (tertiary/aromatic N) is 4. The van der Waals surface area contributed by atoms with Crippen molar-refractivity contribution in [3.8, 4) is 11.4 Å². The number of rotatable bonds is 42. The summed E-state index contributed by atoms with van der Waals surface area (Å²) in [6, 6.07) is 5.01. The molecule has 30 heteroatoms. The summed E-state index contributed by atoms with van der Waals surface area (Å²) in [4.78, 5) is 147. The maximum absolute atomic E-state index is 14.0. The lowest BCUT2D eigenvalue weighted by atomic mass is 9.86. The van der Waals surface area contributed by atoms with E-state index in [1.54, 1.807) is 29.4 Å². The first kappa shape index (κ1) is 71.8. The van der Waals surface area contributed by atoms with Gasteiger partial charge in [-0.15, -0.1) is 0 Å². The van der Waals surface area contributed by atoms with Crippen LogP contribution in [0.5, 0.6) is 0 Å². The number of primary amides is 1. The Bertz CT molecular complexity index is 3140. The number of aromatic nitrogens is 2. The number of imide groups is 1. The lowest BCUT2D eigenvalue weighted by molar-refractivity contribution is -0.172. The molecule has 91 heavy (non-hydrogen) atoms. The minimum absolute atomic E-state index is 0.00600. The van der Waals surface area contributed by atoms with Crippen LogP contribution in [0.2, 0.25) is 0 Å². The predicted molar refractivity (Wildman–Crippen MR) is 325 cm³/mol. The van der Waals surface area contributed by atoms with Gasteiger partial charge in [0, 0.05) is 74.2 Å². The van der Waals surface area contributed by atoms with E-state index in [9.17, 15) is 57.8 Å². The molecule has 1 aromatic carbocycles. The summed E-state index contributed by atoms with van der Waals surface area (Å²) in [7, 11) is 0. The highest BCUT2D eigenvalue weighted by atomic mass is 16.6. The molecule has 2 aromatic heterocycles. The van der Waals surface area contributed by atoms with Crippen LogP contribution in [0.4, 0.5) is 4.79 Å². The van der Waals surface area contributed by atoms with Crippen LogP contribution >= 0.6 is 0 Å². The number of urea groups is 1. The molecule has 0 saturated carbocycles. The van der Waals surface area contributed by atoms with E-state index in [0.29, 0.717) is 89.0 Å². The lowest BCUT2D eigenvalue weighted by Gasteiger charge is -2.31. The Balaban J connectivity index is 0.835. The quantitative estimate of drug-likeness (QED) is 0.0147. The maximum Gasteiger partial charge on any atom is 0.343 e. The second kappa shape index (κ2) is 36.6. The number of para-hydroxylation sites is 1. The first-order valence-electron chi connectivity index (χ1n) is 30.6. The highest BCUT2D eigenvalue weighted by molar-refractivity contribution is 6.13. The molecule has 4 atom stereocenters. The number of amides is 10. The van der Waals surface area contributed by atoms with Crippen LogP contribution in [0.3, 0.4) is 0 Å². The fraction of sp³-hybridized carbons (Fsp3) is 0.574. The Kier molecular flexibility index (Phi) is 28.8. The van der Waals surface area contributed by atoms with Crippen molar-refractivity contribution in [2.75, 3.05) is 119 Å². The number of likely N-dealkylation sites (N-methyl/N-ethyl adjacent to an activating group) is 1. The number of hydrogen-bond acceptors (Lipinski definition) is 20. The SMILES string of the molecule is CCN(CCc1c2c(nc3ccccc13)-c1cc3c(c(=O)n1C2)COC(=O)[C@]3(O)CC)C(=O)CNC(=O)[C@H](CCCCNC(N)=O)NC(=O)[C@H](C)NC(=O)[C@H](C)NC(=O)CCOCCOCCOCCOCCOCCOCCNC(=O)CCN1C(=O)C=CC1=O. The molecule has 6 rings (SSSR count). The van der Waals surface area contributed by atoms with Gasteiger partial charge in [-0.05, 0) is 70.6 Å². The number of ether oxygens (including phenoxy) is 7. The standard InChI is InChI=1S/C61H85N11O19/c1-5-61(84)45-35-48-54-43(37-72(48)58(81)44(45)38-91-59(61)82)41(42-11-7-8-12-46(42)68-54)16-21-70(6-2)53(77)36-65-57(80)47(13-9-10-19-64-60(62)83)69-56(79)40(4)67-55(78)39(3)66-50(74)18-23-85-25-27-87-29-31-89-33-34-90-32-30-88-28-26-86-24-20-63-49(73)17-22-71-51(75)14-15-52(71)76/h7-8,11-12,14-15,35,39-40,47,84H,5-6,9-10,13,16-34,36-38H2,1-4H3,(H,63,73)(H,65,80)(H,66,74)(H,67,78)(H,69,79)(H3,62,64,83)/t39-,40-,47-,61-/m0/s1. The zero-order chi connectivity index (χ0) is 65.9. The van der Waals surface area contributed by atoms with Gasteiger partial charge in [0.05, 0.1) is 115 Å². The number of unbranched alkanes of at least 4 members (excludes halogenated alkanes) is 1. The minimum Gasteiger partial charge on any atom is -0.458 e. The molecule has 3 aromatic rings. The van der Waals surface area contributed by atoms with E-state index in [2.05, 4.69) is 31.9 Å². The Morgan fingerprint density at radius 2 is 1.32 bits per heavy atom. The molecule has 0 saturated heterocycles. The van der Waals surface area contributed by atoms with Gasteiger partial charge in [0.15, 0.2) is 5.60 Å². The van der Waals surface area contributed by atoms with E-state index >= 15 is 0 Å². The largest absolute Gasteiger partial charge is 0.458 e. The number of carbonyl (C=O) groups excluding carboxylic acids is 10. The van der Waals surface area contributed by atoms with Crippen molar-refractivity contribution in [1.82, 2.24) is 51.3 Å². The molecule has 0 aliphatic carbocycles. The average Bonchev–Trinajstić information content (AvgIpc) is 1.67. The van der Waals surface area contributed by atoms with Gasteiger partial charge in [0.25, 0.3) is 17.4 Å². The number of fused-ring (bicyclic) bond motifs is 5. The Morgan fingerprint density at radius 3 is 1.95 bits per heavy atom. The number of esters is 1. The Labute approximate surface area is 526 Å². The third-order valence-electron chi connectivity index (χ3n) is 15.2. The number of nitrogens with one attached hydrogen (secondary N) is 6.